The number of hydrogen-bond acceptors (Lipinski definition) is 2. The molecular weight excluding hydrogens is 162 g/mol. The predicted octanol–water partition coefficient (Wildman–Crippen LogP) is 2.44. The van der Waals surface area contributed by atoms with Crippen molar-refractivity contribution in [2.75, 3.05) is 11.9 Å². The van der Waals surface area contributed by atoms with E-state index in [0.29, 0.717) is 6.04 Å². The molecule has 1 aromatic carbocycles. The minimum Gasteiger partial charge on any atom is -0.489 e. The molecule has 2 nitrogen and oxygen atoms in total. The maximum atomic E-state index is 5.58. The van der Waals surface area contributed by atoms with Gasteiger partial charge in [0.25, 0.3) is 0 Å². The van der Waals surface area contributed by atoms with Crippen molar-refractivity contribution in [2.45, 2.75) is 12.5 Å². The van der Waals surface area contributed by atoms with E-state index < -0.39 is 0 Å². The van der Waals surface area contributed by atoms with Gasteiger partial charge in [-0.2, -0.15) is 0 Å². The van der Waals surface area contributed by atoms with Gasteiger partial charge in [-0.05, 0) is 18.6 Å². The zero-order valence-corrected chi connectivity index (χ0v) is 7.49. The van der Waals surface area contributed by atoms with Crippen molar-refractivity contribution in [1.82, 2.24) is 0 Å². The topological polar surface area (TPSA) is 21.3 Å². The molecule has 0 aromatic heterocycles. The normalized spacial score (nSPS) is 19.5. The number of rotatable bonds is 2. The first-order valence-electron chi connectivity index (χ1n) is 4.49. The Morgan fingerprint density at radius 3 is 3.23 bits per heavy atom. The summed E-state index contributed by atoms with van der Waals surface area (Å²) in [5.41, 5.74) is 1.08. The number of para-hydroxylation sites is 2. The third-order valence-corrected chi connectivity index (χ3v) is 2.14. The van der Waals surface area contributed by atoms with Gasteiger partial charge in [-0.25, -0.2) is 0 Å². The van der Waals surface area contributed by atoms with Crippen LogP contribution in [0.4, 0.5) is 5.69 Å². The van der Waals surface area contributed by atoms with Crippen LogP contribution in [0.1, 0.15) is 6.42 Å². The first-order chi connectivity index (χ1) is 6.40. The molecule has 0 bridgehead atoms. The van der Waals surface area contributed by atoms with Crippen LogP contribution in [0, 0.1) is 0 Å². The quantitative estimate of drug-likeness (QED) is 0.697. The van der Waals surface area contributed by atoms with Gasteiger partial charge in [0.1, 0.15) is 12.4 Å². The number of hydrogen-bond donors (Lipinski definition) is 1. The SMILES string of the molecule is C=CCC1COc2ccccc2N1. The van der Waals surface area contributed by atoms with Crippen molar-refractivity contribution in [3.8, 4) is 5.75 Å². The Morgan fingerprint density at radius 2 is 2.38 bits per heavy atom. The largest absolute Gasteiger partial charge is 0.489 e. The Balaban J connectivity index is 2.15. The first kappa shape index (κ1) is 8.17. The van der Waals surface area contributed by atoms with Gasteiger partial charge in [0.05, 0.1) is 11.7 Å². The molecule has 1 heterocycles. The zero-order chi connectivity index (χ0) is 9.10. The Hall–Kier alpha value is -1.44. The van der Waals surface area contributed by atoms with Crippen LogP contribution in [0.2, 0.25) is 0 Å². The number of nitrogens with one attached hydrogen (secondary N) is 1. The minimum absolute atomic E-state index is 0.368. The molecule has 0 saturated heterocycles. The smallest absolute Gasteiger partial charge is 0.142 e. The van der Waals surface area contributed by atoms with Gasteiger partial charge in [-0.3, -0.25) is 0 Å². The fourth-order valence-electron chi connectivity index (χ4n) is 1.49. The monoisotopic (exact) mass is 175 g/mol. The molecule has 0 radical (unpaired) electrons. The second kappa shape index (κ2) is 3.52. The lowest BCUT2D eigenvalue weighted by Gasteiger charge is -2.26. The van der Waals surface area contributed by atoms with Gasteiger partial charge in [0, 0.05) is 0 Å². The van der Waals surface area contributed by atoms with Crippen molar-refractivity contribution in [2.24, 2.45) is 0 Å². The molecule has 1 atom stereocenters. The van der Waals surface area contributed by atoms with Crippen LogP contribution < -0.4 is 10.1 Å². The molecule has 13 heavy (non-hydrogen) atoms. The van der Waals surface area contributed by atoms with E-state index in [2.05, 4.69) is 11.9 Å². The van der Waals surface area contributed by atoms with E-state index >= 15 is 0 Å². The minimum atomic E-state index is 0.368. The molecule has 1 unspecified atom stereocenters. The standard InChI is InChI=1S/C11H13NO/c1-2-5-9-8-13-11-7-4-3-6-10(11)12-9/h2-4,6-7,9,12H,1,5,8H2. The lowest BCUT2D eigenvalue weighted by molar-refractivity contribution is 0.285. The van der Waals surface area contributed by atoms with Crippen LogP contribution in [-0.4, -0.2) is 12.6 Å². The number of ether oxygens (including phenoxy) is 1. The highest BCUT2D eigenvalue weighted by Crippen LogP contribution is 2.28. The molecule has 0 amide bonds. The Morgan fingerprint density at radius 1 is 1.54 bits per heavy atom. The highest BCUT2D eigenvalue weighted by atomic mass is 16.5. The molecular formula is C11H13NO. The van der Waals surface area contributed by atoms with Gasteiger partial charge >= 0.3 is 0 Å². The predicted molar refractivity (Wildman–Crippen MR) is 54.2 cm³/mol. The van der Waals surface area contributed by atoms with E-state index in [1.807, 2.05) is 30.3 Å². The molecule has 1 aromatic rings. The van der Waals surface area contributed by atoms with E-state index in [1.165, 1.54) is 0 Å². The van der Waals surface area contributed by atoms with Crippen molar-refractivity contribution in [3.05, 3.63) is 36.9 Å². The zero-order valence-electron chi connectivity index (χ0n) is 7.49. The van der Waals surface area contributed by atoms with E-state index in [9.17, 15) is 0 Å². The van der Waals surface area contributed by atoms with Gasteiger partial charge in [0.2, 0.25) is 0 Å². The molecule has 0 spiro atoms. The molecule has 1 aliphatic rings. The average Bonchev–Trinajstić information content (AvgIpc) is 2.18. The Kier molecular flexibility index (Phi) is 2.21. The summed E-state index contributed by atoms with van der Waals surface area (Å²) in [7, 11) is 0. The summed E-state index contributed by atoms with van der Waals surface area (Å²) >= 11 is 0. The van der Waals surface area contributed by atoms with Gasteiger partial charge in [-0.15, -0.1) is 6.58 Å². The summed E-state index contributed by atoms with van der Waals surface area (Å²) in [4.78, 5) is 0. The summed E-state index contributed by atoms with van der Waals surface area (Å²) in [5, 5.41) is 3.40. The molecule has 1 N–H and O–H groups in total. The fourth-order valence-corrected chi connectivity index (χ4v) is 1.49. The van der Waals surface area contributed by atoms with Crippen LogP contribution in [-0.2, 0) is 0 Å². The maximum absolute atomic E-state index is 5.58. The van der Waals surface area contributed by atoms with Crippen LogP contribution in [0.3, 0.4) is 0 Å². The van der Waals surface area contributed by atoms with Gasteiger partial charge in [-0.1, -0.05) is 18.2 Å². The van der Waals surface area contributed by atoms with Gasteiger partial charge in [0.15, 0.2) is 0 Å². The second-order valence-corrected chi connectivity index (χ2v) is 3.17. The third kappa shape index (κ3) is 1.66. The molecule has 0 fully saturated rings. The molecule has 0 saturated carbocycles. The average molecular weight is 175 g/mol. The summed E-state index contributed by atoms with van der Waals surface area (Å²) < 4.78 is 5.58. The summed E-state index contributed by atoms with van der Waals surface area (Å²) in [6.07, 6.45) is 2.85. The second-order valence-electron chi connectivity index (χ2n) is 3.17. The van der Waals surface area contributed by atoms with Crippen molar-refractivity contribution < 1.29 is 4.74 Å². The van der Waals surface area contributed by atoms with Crippen molar-refractivity contribution >= 4 is 5.69 Å². The third-order valence-electron chi connectivity index (χ3n) is 2.14. The lowest BCUT2D eigenvalue weighted by atomic mass is 10.1. The van der Waals surface area contributed by atoms with Crippen LogP contribution >= 0.6 is 0 Å². The molecule has 1 aliphatic heterocycles. The maximum Gasteiger partial charge on any atom is 0.142 e. The fraction of sp³-hybridized carbons (Fsp3) is 0.273. The van der Waals surface area contributed by atoms with Crippen molar-refractivity contribution in [3.63, 3.8) is 0 Å². The van der Waals surface area contributed by atoms with E-state index in [4.69, 9.17) is 4.74 Å². The highest BCUT2D eigenvalue weighted by molar-refractivity contribution is 5.58. The van der Waals surface area contributed by atoms with Crippen molar-refractivity contribution in [1.29, 1.82) is 0 Å². The van der Waals surface area contributed by atoms with E-state index in [-0.39, 0.29) is 0 Å². The van der Waals surface area contributed by atoms with Crippen LogP contribution in [0.25, 0.3) is 0 Å². The molecule has 0 aliphatic carbocycles. The van der Waals surface area contributed by atoms with Crippen LogP contribution in [0.15, 0.2) is 36.9 Å². The summed E-state index contributed by atoms with van der Waals surface area (Å²) in [5.74, 6) is 0.947. The van der Waals surface area contributed by atoms with E-state index in [1.54, 1.807) is 0 Å². The number of fused-ring (bicyclic) bond motifs is 1. The first-order valence-corrected chi connectivity index (χ1v) is 4.49. The number of anilines is 1. The Labute approximate surface area is 78.2 Å². The molecule has 2 rings (SSSR count). The summed E-state index contributed by atoms with van der Waals surface area (Å²) in [6, 6.07) is 8.36. The lowest BCUT2D eigenvalue weighted by Crippen LogP contribution is -2.30. The molecule has 68 valence electrons. The summed E-state index contributed by atoms with van der Waals surface area (Å²) in [6.45, 7) is 4.44. The highest BCUT2D eigenvalue weighted by Gasteiger charge is 2.16. The molecule has 2 heteroatoms. The van der Waals surface area contributed by atoms with Gasteiger partial charge < -0.3 is 10.1 Å². The Bertz CT molecular complexity index is 309. The number of benzene rings is 1. The van der Waals surface area contributed by atoms with E-state index in [0.717, 1.165) is 24.5 Å². The van der Waals surface area contributed by atoms with Crippen LogP contribution in [0.5, 0.6) is 5.75 Å².